The second-order valence-corrected chi connectivity index (χ2v) is 6.87. The summed E-state index contributed by atoms with van der Waals surface area (Å²) in [5.74, 6) is -0.492. The molecule has 22 heavy (non-hydrogen) atoms. The molecular weight excluding hydrogens is 325 g/mol. The minimum absolute atomic E-state index is 0.0189. The molecule has 2 heterocycles. The van der Waals surface area contributed by atoms with Crippen LogP contribution in [0.2, 0.25) is 0 Å². The van der Waals surface area contributed by atoms with E-state index in [1.165, 1.54) is 23.5 Å². The van der Waals surface area contributed by atoms with E-state index in [1.807, 2.05) is 0 Å². The lowest BCUT2D eigenvalue weighted by Gasteiger charge is -2.04. The van der Waals surface area contributed by atoms with Gasteiger partial charge in [-0.05, 0) is 36.4 Å². The van der Waals surface area contributed by atoms with Crippen LogP contribution in [0, 0.1) is 5.82 Å². The van der Waals surface area contributed by atoms with Crippen molar-refractivity contribution in [2.45, 2.75) is 4.90 Å². The van der Waals surface area contributed by atoms with Crippen LogP contribution >= 0.6 is 11.3 Å². The lowest BCUT2D eigenvalue weighted by atomic mass is 10.2. The molecule has 0 aliphatic heterocycles. The normalized spacial score (nSPS) is 11.3. The van der Waals surface area contributed by atoms with Crippen molar-refractivity contribution in [3.63, 3.8) is 0 Å². The quantitative estimate of drug-likeness (QED) is 0.795. The van der Waals surface area contributed by atoms with Crippen molar-refractivity contribution in [1.82, 2.24) is 9.97 Å². The van der Waals surface area contributed by atoms with Gasteiger partial charge in [0.2, 0.25) is 0 Å². The van der Waals surface area contributed by atoms with E-state index in [0.717, 1.165) is 17.7 Å². The largest absolute Gasteiger partial charge is 0.265 e. The summed E-state index contributed by atoms with van der Waals surface area (Å²) in [5.41, 5.74) is 1.50. The van der Waals surface area contributed by atoms with Crippen LogP contribution in [-0.4, -0.2) is 18.4 Å². The first-order valence-electron chi connectivity index (χ1n) is 6.19. The number of rotatable bonds is 4. The molecule has 8 heteroatoms. The van der Waals surface area contributed by atoms with Crippen LogP contribution in [0.4, 0.5) is 9.52 Å². The first kappa shape index (κ1) is 14.6. The van der Waals surface area contributed by atoms with Crippen LogP contribution < -0.4 is 4.72 Å². The number of hydrogen-bond acceptors (Lipinski definition) is 5. The van der Waals surface area contributed by atoms with Gasteiger partial charge in [0.25, 0.3) is 10.0 Å². The molecule has 2 aromatic heterocycles. The lowest BCUT2D eigenvalue weighted by molar-refractivity contribution is 0.599. The average Bonchev–Trinajstić information content (AvgIpc) is 2.96. The molecule has 0 saturated carbocycles. The summed E-state index contributed by atoms with van der Waals surface area (Å²) in [4.78, 5) is 8.13. The summed E-state index contributed by atoms with van der Waals surface area (Å²) in [6.45, 7) is 0. The predicted molar refractivity (Wildman–Crippen MR) is 82.6 cm³/mol. The number of pyridine rings is 1. The molecule has 1 N–H and O–H groups in total. The fraction of sp³-hybridized carbons (Fsp3) is 0. The smallest absolute Gasteiger partial charge is 0.263 e. The predicted octanol–water partition coefficient (Wildman–Crippen LogP) is 3.15. The highest BCUT2D eigenvalue weighted by molar-refractivity contribution is 7.93. The van der Waals surface area contributed by atoms with Crippen LogP contribution in [-0.2, 0) is 10.0 Å². The molecule has 0 aliphatic carbocycles. The van der Waals surface area contributed by atoms with E-state index >= 15 is 0 Å². The Hall–Kier alpha value is -2.32. The Morgan fingerprint density at radius 1 is 1.05 bits per heavy atom. The maximum Gasteiger partial charge on any atom is 0.263 e. The number of thiazole rings is 1. The van der Waals surface area contributed by atoms with Gasteiger partial charge in [-0.3, -0.25) is 9.71 Å². The van der Waals surface area contributed by atoms with Crippen LogP contribution in [0.15, 0.2) is 59.1 Å². The molecule has 1 aromatic carbocycles. The van der Waals surface area contributed by atoms with E-state index < -0.39 is 15.8 Å². The van der Waals surface area contributed by atoms with Gasteiger partial charge in [0, 0.05) is 23.3 Å². The van der Waals surface area contributed by atoms with Crippen molar-refractivity contribution in [2.75, 3.05) is 4.72 Å². The number of nitrogens with one attached hydrogen (secondary N) is 1. The van der Waals surface area contributed by atoms with Crippen molar-refractivity contribution >= 4 is 26.5 Å². The van der Waals surface area contributed by atoms with Gasteiger partial charge in [-0.25, -0.2) is 17.8 Å². The highest BCUT2D eigenvalue weighted by Gasteiger charge is 2.16. The molecule has 3 rings (SSSR count). The zero-order chi connectivity index (χ0) is 15.6. The second kappa shape index (κ2) is 5.82. The van der Waals surface area contributed by atoms with Crippen LogP contribution in [0.25, 0.3) is 11.3 Å². The van der Waals surface area contributed by atoms with Crippen LogP contribution in [0.3, 0.4) is 0 Å². The Labute approximate surface area is 130 Å². The average molecular weight is 335 g/mol. The minimum atomic E-state index is -3.78. The summed E-state index contributed by atoms with van der Waals surface area (Å²) in [7, 11) is -3.78. The van der Waals surface area contributed by atoms with Crippen molar-refractivity contribution in [3.8, 4) is 11.3 Å². The third-order valence-electron chi connectivity index (χ3n) is 2.83. The minimum Gasteiger partial charge on any atom is -0.265 e. The maximum atomic E-state index is 12.9. The first-order valence-corrected chi connectivity index (χ1v) is 8.55. The second-order valence-electron chi connectivity index (χ2n) is 4.33. The van der Waals surface area contributed by atoms with E-state index in [4.69, 9.17) is 0 Å². The van der Waals surface area contributed by atoms with E-state index in [2.05, 4.69) is 14.7 Å². The molecule has 0 atom stereocenters. The molecule has 112 valence electrons. The summed E-state index contributed by atoms with van der Waals surface area (Å²) < 4.78 is 39.6. The monoisotopic (exact) mass is 335 g/mol. The first-order chi connectivity index (χ1) is 10.5. The lowest BCUT2D eigenvalue weighted by Crippen LogP contribution is -2.12. The molecule has 5 nitrogen and oxygen atoms in total. The van der Waals surface area contributed by atoms with E-state index in [1.54, 1.807) is 29.9 Å². The van der Waals surface area contributed by atoms with Crippen molar-refractivity contribution < 1.29 is 12.8 Å². The van der Waals surface area contributed by atoms with Gasteiger partial charge in [0.15, 0.2) is 5.13 Å². The van der Waals surface area contributed by atoms with Gasteiger partial charge in [-0.1, -0.05) is 0 Å². The molecule has 0 spiro atoms. The molecule has 0 aliphatic rings. The fourth-order valence-electron chi connectivity index (χ4n) is 1.76. The third-order valence-corrected chi connectivity index (χ3v) is 5.07. The number of hydrogen-bond donors (Lipinski definition) is 1. The highest BCUT2D eigenvalue weighted by Crippen LogP contribution is 2.26. The maximum absolute atomic E-state index is 12.9. The number of aromatic nitrogens is 2. The number of sulfonamides is 1. The molecule has 0 radical (unpaired) electrons. The molecule has 0 saturated heterocycles. The topological polar surface area (TPSA) is 72.0 Å². The van der Waals surface area contributed by atoms with Gasteiger partial charge in [-0.2, -0.15) is 0 Å². The Balaban J connectivity index is 1.84. The van der Waals surface area contributed by atoms with Crippen molar-refractivity contribution in [2.24, 2.45) is 0 Å². The zero-order valence-corrected chi connectivity index (χ0v) is 12.7. The zero-order valence-electron chi connectivity index (χ0n) is 11.1. The SMILES string of the molecule is O=S(=O)(Nc1nc(-c2ccncc2)cs1)c1ccc(F)cc1. The van der Waals surface area contributed by atoms with Crippen molar-refractivity contribution in [1.29, 1.82) is 0 Å². The molecule has 0 unspecified atom stereocenters. The number of halogens is 1. The van der Waals surface area contributed by atoms with Gasteiger partial charge in [0.1, 0.15) is 5.82 Å². The number of benzene rings is 1. The summed E-state index contributed by atoms with van der Waals surface area (Å²) in [6, 6.07) is 8.17. The van der Waals surface area contributed by atoms with Crippen LogP contribution in [0.5, 0.6) is 0 Å². The van der Waals surface area contributed by atoms with E-state index in [-0.39, 0.29) is 10.0 Å². The Bertz CT molecular complexity index is 878. The molecule has 0 fully saturated rings. The summed E-state index contributed by atoms with van der Waals surface area (Å²) >= 11 is 1.17. The summed E-state index contributed by atoms with van der Waals surface area (Å²) in [5, 5.41) is 1.99. The van der Waals surface area contributed by atoms with E-state index in [0.29, 0.717) is 5.69 Å². The van der Waals surface area contributed by atoms with Gasteiger partial charge >= 0.3 is 0 Å². The Morgan fingerprint density at radius 2 is 1.73 bits per heavy atom. The van der Waals surface area contributed by atoms with E-state index in [9.17, 15) is 12.8 Å². The molecular formula is C14H10FN3O2S2. The third kappa shape index (κ3) is 3.12. The van der Waals surface area contributed by atoms with Gasteiger partial charge in [-0.15, -0.1) is 11.3 Å². The number of nitrogens with zero attached hydrogens (tertiary/aromatic N) is 2. The Kier molecular flexibility index (Phi) is 3.86. The molecule has 3 aromatic rings. The number of anilines is 1. The van der Waals surface area contributed by atoms with Gasteiger partial charge < -0.3 is 0 Å². The van der Waals surface area contributed by atoms with Crippen LogP contribution in [0.1, 0.15) is 0 Å². The highest BCUT2D eigenvalue weighted by atomic mass is 32.2. The Morgan fingerprint density at radius 3 is 2.41 bits per heavy atom. The summed E-state index contributed by atoms with van der Waals surface area (Å²) in [6.07, 6.45) is 3.27. The molecule has 0 bridgehead atoms. The van der Waals surface area contributed by atoms with Gasteiger partial charge in [0.05, 0.1) is 10.6 Å². The molecule has 0 amide bonds. The fourth-order valence-corrected chi connectivity index (χ4v) is 3.74. The standard InChI is InChI=1S/C14H10FN3O2S2/c15-11-1-3-12(4-2-11)22(19,20)18-14-17-13(9-21-14)10-5-7-16-8-6-10/h1-9H,(H,17,18). The van der Waals surface area contributed by atoms with Crippen molar-refractivity contribution in [3.05, 3.63) is 60.0 Å².